The Morgan fingerprint density at radius 2 is 1.80 bits per heavy atom. The molecule has 0 bridgehead atoms. The first-order valence-electron chi connectivity index (χ1n) is 8.61. The molecule has 0 amide bonds. The van der Waals surface area contributed by atoms with Gasteiger partial charge in [0, 0.05) is 6.04 Å². The maximum Gasteiger partial charge on any atom is 0.0101 e. The molecule has 1 N–H and O–H groups in total. The fraction of sp³-hybridized carbons (Fsp3) is 0.684. The van der Waals surface area contributed by atoms with Crippen molar-refractivity contribution in [1.29, 1.82) is 0 Å². The second-order valence-electron chi connectivity index (χ2n) is 6.34. The first-order chi connectivity index (χ1) is 9.80. The lowest BCUT2D eigenvalue weighted by Crippen LogP contribution is -2.39. The Morgan fingerprint density at radius 1 is 1.10 bits per heavy atom. The average Bonchev–Trinajstić information content (AvgIpc) is 2.43. The summed E-state index contributed by atoms with van der Waals surface area (Å²) >= 11 is 0. The second-order valence-corrected chi connectivity index (χ2v) is 6.34. The standard InChI is InChI=1S/C19H31N/c1-4-9-15(10-5-2)19(20-6-3)14-17-13-16-11-7-8-12-18(16)17/h7-8,11-12,15,17,19-20H,4-6,9-10,13-14H2,1-3H3. The van der Waals surface area contributed by atoms with Crippen LogP contribution in [0.5, 0.6) is 0 Å². The predicted octanol–water partition coefficient (Wildman–Crippen LogP) is 4.91. The average molecular weight is 273 g/mol. The second kappa shape index (κ2) is 7.83. The zero-order valence-electron chi connectivity index (χ0n) is 13.5. The molecule has 1 aliphatic carbocycles. The lowest BCUT2D eigenvalue weighted by Gasteiger charge is -2.36. The van der Waals surface area contributed by atoms with Crippen molar-refractivity contribution in [3.63, 3.8) is 0 Å². The minimum Gasteiger partial charge on any atom is -0.314 e. The Morgan fingerprint density at radius 3 is 2.40 bits per heavy atom. The Balaban J connectivity index is 1.99. The van der Waals surface area contributed by atoms with Crippen molar-refractivity contribution in [2.24, 2.45) is 5.92 Å². The highest BCUT2D eigenvalue weighted by Gasteiger charge is 2.30. The van der Waals surface area contributed by atoms with Gasteiger partial charge in [0.2, 0.25) is 0 Å². The molecule has 112 valence electrons. The fourth-order valence-corrected chi connectivity index (χ4v) is 3.87. The first-order valence-corrected chi connectivity index (χ1v) is 8.61. The van der Waals surface area contributed by atoms with E-state index in [4.69, 9.17) is 0 Å². The molecule has 1 nitrogen and oxygen atoms in total. The van der Waals surface area contributed by atoms with Crippen LogP contribution in [0.4, 0.5) is 0 Å². The molecule has 1 heteroatoms. The molecule has 1 aromatic carbocycles. The number of nitrogens with one attached hydrogen (secondary N) is 1. The third-order valence-electron chi connectivity index (χ3n) is 4.85. The summed E-state index contributed by atoms with van der Waals surface area (Å²) in [6.07, 6.45) is 8.00. The van der Waals surface area contributed by atoms with E-state index in [-0.39, 0.29) is 0 Å². The molecular formula is C19H31N. The molecule has 0 saturated heterocycles. The highest BCUT2D eigenvalue weighted by atomic mass is 14.9. The number of hydrogen-bond acceptors (Lipinski definition) is 1. The summed E-state index contributed by atoms with van der Waals surface area (Å²) in [5.74, 6) is 1.66. The van der Waals surface area contributed by atoms with Gasteiger partial charge in [0.1, 0.15) is 0 Å². The topological polar surface area (TPSA) is 12.0 Å². The summed E-state index contributed by atoms with van der Waals surface area (Å²) < 4.78 is 0. The lowest BCUT2D eigenvalue weighted by atomic mass is 9.72. The Bertz CT molecular complexity index is 393. The minimum absolute atomic E-state index is 0.707. The van der Waals surface area contributed by atoms with Crippen LogP contribution in [0.25, 0.3) is 0 Å². The van der Waals surface area contributed by atoms with Crippen LogP contribution in [0.2, 0.25) is 0 Å². The fourth-order valence-electron chi connectivity index (χ4n) is 3.87. The molecule has 0 aromatic heterocycles. The summed E-state index contributed by atoms with van der Waals surface area (Å²) in [6.45, 7) is 7.99. The molecule has 0 saturated carbocycles. The van der Waals surface area contributed by atoms with E-state index >= 15 is 0 Å². The molecule has 0 heterocycles. The van der Waals surface area contributed by atoms with E-state index in [0.29, 0.717) is 6.04 Å². The summed E-state index contributed by atoms with van der Waals surface area (Å²) in [7, 11) is 0. The van der Waals surface area contributed by atoms with E-state index in [2.05, 4.69) is 50.4 Å². The van der Waals surface area contributed by atoms with Gasteiger partial charge in [0.25, 0.3) is 0 Å². The quantitative estimate of drug-likeness (QED) is 0.674. The first kappa shape index (κ1) is 15.6. The molecule has 1 aliphatic rings. The van der Waals surface area contributed by atoms with Crippen LogP contribution in [-0.2, 0) is 6.42 Å². The van der Waals surface area contributed by atoms with Crippen molar-refractivity contribution in [3.05, 3.63) is 35.4 Å². The molecule has 1 aromatic rings. The van der Waals surface area contributed by atoms with Gasteiger partial charge in [-0.3, -0.25) is 0 Å². The molecule has 0 spiro atoms. The van der Waals surface area contributed by atoms with E-state index in [1.807, 2.05) is 0 Å². The summed E-state index contributed by atoms with van der Waals surface area (Å²) in [5.41, 5.74) is 3.19. The lowest BCUT2D eigenvalue weighted by molar-refractivity contribution is 0.279. The molecule has 0 fully saturated rings. The Hall–Kier alpha value is -0.820. The highest BCUT2D eigenvalue weighted by molar-refractivity contribution is 5.39. The highest BCUT2D eigenvalue weighted by Crippen LogP contribution is 2.39. The zero-order chi connectivity index (χ0) is 14.4. The van der Waals surface area contributed by atoms with Crippen molar-refractivity contribution in [2.45, 2.75) is 71.3 Å². The van der Waals surface area contributed by atoms with Crippen LogP contribution in [-0.4, -0.2) is 12.6 Å². The van der Waals surface area contributed by atoms with Crippen LogP contribution >= 0.6 is 0 Å². The van der Waals surface area contributed by atoms with Crippen LogP contribution < -0.4 is 5.32 Å². The van der Waals surface area contributed by atoms with Gasteiger partial charge in [-0.15, -0.1) is 0 Å². The van der Waals surface area contributed by atoms with Crippen LogP contribution in [0, 0.1) is 5.92 Å². The van der Waals surface area contributed by atoms with Crippen LogP contribution in [0.1, 0.15) is 69.9 Å². The van der Waals surface area contributed by atoms with Gasteiger partial charge in [0.15, 0.2) is 0 Å². The van der Waals surface area contributed by atoms with E-state index in [1.165, 1.54) is 38.5 Å². The molecule has 0 aliphatic heterocycles. The van der Waals surface area contributed by atoms with E-state index in [1.54, 1.807) is 11.1 Å². The van der Waals surface area contributed by atoms with E-state index in [0.717, 1.165) is 18.4 Å². The summed E-state index contributed by atoms with van der Waals surface area (Å²) in [4.78, 5) is 0. The number of rotatable bonds is 9. The maximum absolute atomic E-state index is 3.78. The smallest absolute Gasteiger partial charge is 0.0101 e. The van der Waals surface area contributed by atoms with Crippen LogP contribution in [0.15, 0.2) is 24.3 Å². The van der Waals surface area contributed by atoms with Crippen molar-refractivity contribution in [1.82, 2.24) is 5.32 Å². The van der Waals surface area contributed by atoms with Gasteiger partial charge in [-0.1, -0.05) is 57.9 Å². The van der Waals surface area contributed by atoms with Gasteiger partial charge in [-0.05, 0) is 55.2 Å². The van der Waals surface area contributed by atoms with Crippen molar-refractivity contribution in [2.75, 3.05) is 6.54 Å². The van der Waals surface area contributed by atoms with Gasteiger partial charge in [-0.2, -0.15) is 0 Å². The molecule has 20 heavy (non-hydrogen) atoms. The van der Waals surface area contributed by atoms with Crippen LogP contribution in [0.3, 0.4) is 0 Å². The van der Waals surface area contributed by atoms with E-state index in [9.17, 15) is 0 Å². The Labute approximate surface area is 125 Å². The van der Waals surface area contributed by atoms with Gasteiger partial charge in [-0.25, -0.2) is 0 Å². The summed E-state index contributed by atoms with van der Waals surface area (Å²) in [5, 5.41) is 3.78. The Kier molecular flexibility index (Phi) is 6.09. The SMILES string of the molecule is CCCC(CCC)C(CC1Cc2ccccc21)NCC. The molecule has 0 radical (unpaired) electrons. The molecule has 2 atom stereocenters. The molecular weight excluding hydrogens is 242 g/mol. The monoisotopic (exact) mass is 273 g/mol. The molecule has 2 unspecified atom stereocenters. The summed E-state index contributed by atoms with van der Waals surface area (Å²) in [6, 6.07) is 9.71. The van der Waals surface area contributed by atoms with Crippen molar-refractivity contribution >= 4 is 0 Å². The van der Waals surface area contributed by atoms with Gasteiger partial charge < -0.3 is 5.32 Å². The third kappa shape index (κ3) is 3.63. The number of benzene rings is 1. The normalized spacial score (nSPS) is 18.7. The van der Waals surface area contributed by atoms with E-state index < -0.39 is 0 Å². The van der Waals surface area contributed by atoms with Gasteiger partial charge in [0.05, 0.1) is 0 Å². The molecule has 2 rings (SSSR count). The minimum atomic E-state index is 0.707. The predicted molar refractivity (Wildman–Crippen MR) is 88.3 cm³/mol. The van der Waals surface area contributed by atoms with Crippen molar-refractivity contribution in [3.8, 4) is 0 Å². The van der Waals surface area contributed by atoms with Gasteiger partial charge >= 0.3 is 0 Å². The maximum atomic E-state index is 3.78. The number of hydrogen-bond donors (Lipinski definition) is 1. The van der Waals surface area contributed by atoms with Crippen molar-refractivity contribution < 1.29 is 0 Å². The number of fused-ring (bicyclic) bond motifs is 1. The largest absolute Gasteiger partial charge is 0.314 e. The zero-order valence-corrected chi connectivity index (χ0v) is 13.5. The third-order valence-corrected chi connectivity index (χ3v) is 4.85.